The van der Waals surface area contributed by atoms with E-state index in [1.54, 1.807) is 30.5 Å². The number of rotatable bonds is 6. The molecule has 4 aromatic rings. The van der Waals surface area contributed by atoms with Gasteiger partial charge in [0.1, 0.15) is 12.1 Å². The number of aromatic nitrogens is 5. The van der Waals surface area contributed by atoms with Gasteiger partial charge in [-0.2, -0.15) is 18.3 Å². The molecule has 2 N–H and O–H groups in total. The maximum Gasteiger partial charge on any atom is 0.433 e. The number of nitrogens with zero attached hydrogens (tertiary/aromatic N) is 4. The lowest BCUT2D eigenvalue weighted by Gasteiger charge is -2.20. The van der Waals surface area contributed by atoms with E-state index in [0.29, 0.717) is 33.2 Å². The number of ether oxygens (including phenoxy) is 1. The number of halogens is 4. The summed E-state index contributed by atoms with van der Waals surface area (Å²) < 4.78 is 48.7. The van der Waals surface area contributed by atoms with Gasteiger partial charge in [0.05, 0.1) is 41.9 Å². The molecule has 7 nitrogen and oxygen atoms in total. The van der Waals surface area contributed by atoms with Crippen molar-refractivity contribution >= 4 is 11.6 Å². The molecule has 1 aromatic carbocycles. The van der Waals surface area contributed by atoms with Crippen LogP contribution in [-0.2, 0) is 12.7 Å². The van der Waals surface area contributed by atoms with Crippen LogP contribution in [0.25, 0.3) is 33.6 Å². The first-order valence-electron chi connectivity index (χ1n) is 10.2. The highest BCUT2D eigenvalue weighted by atomic mass is 35.5. The summed E-state index contributed by atoms with van der Waals surface area (Å²) in [5, 5.41) is 14.4. The Morgan fingerprint density at radius 1 is 1.15 bits per heavy atom. The molecule has 4 rings (SSSR count). The first-order valence-corrected chi connectivity index (χ1v) is 10.6. The Bertz CT molecular complexity index is 1310. The van der Waals surface area contributed by atoms with Crippen molar-refractivity contribution in [2.24, 2.45) is 0 Å². The summed E-state index contributed by atoms with van der Waals surface area (Å²) in [6.07, 6.45) is 0.770. The summed E-state index contributed by atoms with van der Waals surface area (Å²) in [6.45, 7) is 2.48. The van der Waals surface area contributed by atoms with Crippen LogP contribution in [-0.4, -0.2) is 42.5 Å². The van der Waals surface area contributed by atoms with Crippen LogP contribution in [0.2, 0.25) is 5.02 Å². The fourth-order valence-electron chi connectivity index (χ4n) is 3.78. The number of benzene rings is 1. The third-order valence-electron chi connectivity index (χ3n) is 5.11. The van der Waals surface area contributed by atoms with Gasteiger partial charge in [-0.1, -0.05) is 23.7 Å². The predicted octanol–water partition coefficient (Wildman–Crippen LogP) is 5.45. The summed E-state index contributed by atoms with van der Waals surface area (Å²) in [7, 11) is 1.48. The standard InChI is InChI=1S/C23H21ClF3N5O2/c1-22(2,33)11-32-21(23(25,26)27)15(10-31-32)20-18(16-7-8-28-12-30-16)14(9-29-20)13-5-4-6-17(34-3)19(13)24/h4-10,12,29,33H,11H2,1-3H3. The van der Waals surface area contributed by atoms with Gasteiger partial charge in [-0.3, -0.25) is 4.68 Å². The van der Waals surface area contributed by atoms with Crippen molar-refractivity contribution in [3.8, 4) is 39.4 Å². The molecule has 0 bridgehead atoms. The van der Waals surface area contributed by atoms with E-state index in [-0.39, 0.29) is 17.8 Å². The monoisotopic (exact) mass is 491 g/mol. The average Bonchev–Trinajstić information content (AvgIpc) is 3.37. The summed E-state index contributed by atoms with van der Waals surface area (Å²) in [6, 6.07) is 6.76. The molecule has 0 fully saturated rings. The van der Waals surface area contributed by atoms with Crippen molar-refractivity contribution in [2.75, 3.05) is 7.11 Å². The SMILES string of the molecule is COc1cccc(-c2c[nH]c(-c3cnn(CC(C)(C)O)c3C(F)(F)F)c2-c2ccncn2)c1Cl. The Kier molecular flexibility index (Phi) is 6.13. The zero-order valence-electron chi connectivity index (χ0n) is 18.5. The van der Waals surface area contributed by atoms with Gasteiger partial charge in [0.2, 0.25) is 0 Å². The molecule has 11 heteroatoms. The van der Waals surface area contributed by atoms with Gasteiger partial charge in [0.25, 0.3) is 0 Å². The third kappa shape index (κ3) is 4.51. The average molecular weight is 492 g/mol. The van der Waals surface area contributed by atoms with E-state index in [0.717, 1.165) is 10.9 Å². The van der Waals surface area contributed by atoms with Crippen LogP contribution in [0.15, 0.2) is 49.2 Å². The van der Waals surface area contributed by atoms with Crippen LogP contribution in [0.3, 0.4) is 0 Å². The van der Waals surface area contributed by atoms with E-state index < -0.39 is 17.5 Å². The number of aromatic amines is 1. The minimum Gasteiger partial charge on any atom is -0.495 e. The van der Waals surface area contributed by atoms with Gasteiger partial charge in [0.15, 0.2) is 5.69 Å². The molecule has 0 radical (unpaired) electrons. The molecule has 0 aliphatic heterocycles. The normalized spacial score (nSPS) is 12.2. The van der Waals surface area contributed by atoms with Gasteiger partial charge < -0.3 is 14.8 Å². The second kappa shape index (κ2) is 8.77. The smallest absolute Gasteiger partial charge is 0.433 e. The minimum absolute atomic E-state index is 0.155. The van der Waals surface area contributed by atoms with E-state index in [4.69, 9.17) is 16.3 Å². The fraction of sp³-hybridized carbons (Fsp3) is 0.261. The molecule has 0 amide bonds. The van der Waals surface area contributed by atoms with Crippen molar-refractivity contribution in [2.45, 2.75) is 32.2 Å². The summed E-state index contributed by atoms with van der Waals surface area (Å²) in [4.78, 5) is 11.1. The highest BCUT2D eigenvalue weighted by molar-refractivity contribution is 6.35. The number of H-pyrrole nitrogens is 1. The van der Waals surface area contributed by atoms with Crippen molar-refractivity contribution in [3.63, 3.8) is 0 Å². The second-order valence-corrected chi connectivity index (χ2v) is 8.62. The molecule has 0 aliphatic carbocycles. The lowest BCUT2D eigenvalue weighted by atomic mass is 9.97. The molecule has 0 atom stereocenters. The topological polar surface area (TPSA) is 88.8 Å². The number of hydrogen-bond acceptors (Lipinski definition) is 5. The Hall–Kier alpha value is -3.37. The Morgan fingerprint density at radius 2 is 1.91 bits per heavy atom. The fourth-order valence-corrected chi connectivity index (χ4v) is 4.09. The number of aliphatic hydroxyl groups is 1. The van der Waals surface area contributed by atoms with Gasteiger partial charge in [-0.25, -0.2) is 9.97 Å². The molecular weight excluding hydrogens is 471 g/mol. The van der Waals surface area contributed by atoms with E-state index >= 15 is 0 Å². The second-order valence-electron chi connectivity index (χ2n) is 8.24. The molecule has 178 valence electrons. The lowest BCUT2D eigenvalue weighted by Crippen LogP contribution is -2.29. The van der Waals surface area contributed by atoms with Crippen LogP contribution in [0.1, 0.15) is 19.5 Å². The Labute approximate surface area is 198 Å². The molecule has 0 unspecified atom stereocenters. The van der Waals surface area contributed by atoms with Crippen molar-refractivity contribution in [3.05, 3.63) is 59.9 Å². The highest BCUT2D eigenvalue weighted by Crippen LogP contribution is 2.46. The molecule has 0 aliphatic rings. The largest absolute Gasteiger partial charge is 0.495 e. The number of methoxy groups -OCH3 is 1. The first kappa shape index (κ1) is 23.8. The van der Waals surface area contributed by atoms with Gasteiger partial charge in [0, 0.05) is 34.6 Å². The van der Waals surface area contributed by atoms with E-state index in [9.17, 15) is 18.3 Å². The van der Waals surface area contributed by atoms with Crippen LogP contribution in [0.5, 0.6) is 5.75 Å². The van der Waals surface area contributed by atoms with Crippen molar-refractivity contribution in [1.82, 2.24) is 24.7 Å². The van der Waals surface area contributed by atoms with Gasteiger partial charge >= 0.3 is 6.18 Å². The minimum atomic E-state index is -4.74. The van der Waals surface area contributed by atoms with Gasteiger partial charge in [-0.15, -0.1) is 0 Å². The van der Waals surface area contributed by atoms with Gasteiger partial charge in [-0.05, 0) is 26.0 Å². The molecule has 3 aromatic heterocycles. The Morgan fingerprint density at radius 3 is 2.53 bits per heavy atom. The van der Waals surface area contributed by atoms with Crippen LogP contribution in [0.4, 0.5) is 13.2 Å². The predicted molar refractivity (Wildman–Crippen MR) is 121 cm³/mol. The first-order chi connectivity index (χ1) is 16.0. The molecule has 0 saturated heterocycles. The van der Waals surface area contributed by atoms with Crippen LogP contribution in [0, 0.1) is 0 Å². The van der Waals surface area contributed by atoms with Crippen LogP contribution >= 0.6 is 11.6 Å². The quantitative estimate of drug-likeness (QED) is 0.374. The third-order valence-corrected chi connectivity index (χ3v) is 5.50. The molecule has 0 saturated carbocycles. The highest BCUT2D eigenvalue weighted by Gasteiger charge is 2.40. The van der Waals surface area contributed by atoms with E-state index in [1.165, 1.54) is 33.5 Å². The zero-order chi connectivity index (χ0) is 24.7. The number of alkyl halides is 3. The summed E-state index contributed by atoms with van der Waals surface area (Å²) >= 11 is 6.54. The molecule has 0 spiro atoms. The number of nitrogens with one attached hydrogen (secondary N) is 1. The zero-order valence-corrected chi connectivity index (χ0v) is 19.2. The number of hydrogen-bond donors (Lipinski definition) is 2. The summed E-state index contributed by atoms with van der Waals surface area (Å²) in [5.74, 6) is 0.421. The molecule has 3 heterocycles. The maximum absolute atomic E-state index is 14.2. The van der Waals surface area contributed by atoms with E-state index in [1.807, 2.05) is 0 Å². The van der Waals surface area contributed by atoms with Crippen LogP contribution < -0.4 is 4.74 Å². The van der Waals surface area contributed by atoms with E-state index in [2.05, 4.69) is 20.1 Å². The maximum atomic E-state index is 14.2. The van der Waals surface area contributed by atoms with Crippen molar-refractivity contribution in [1.29, 1.82) is 0 Å². The lowest BCUT2D eigenvalue weighted by molar-refractivity contribution is -0.144. The van der Waals surface area contributed by atoms with Crippen molar-refractivity contribution < 1.29 is 23.0 Å². The summed E-state index contributed by atoms with van der Waals surface area (Å²) in [5.41, 5.74) is -0.564. The Balaban J connectivity index is 2.00. The molecular formula is C23H21ClF3N5O2. The molecule has 34 heavy (non-hydrogen) atoms.